The van der Waals surface area contributed by atoms with E-state index in [-0.39, 0.29) is 0 Å². The van der Waals surface area contributed by atoms with Crippen molar-refractivity contribution >= 4 is 40.3 Å². The minimum Gasteiger partial charge on any atom is -0.358 e. The second kappa shape index (κ2) is 7.59. The number of hydrogen-bond donors (Lipinski definition) is 4. The molecule has 4 nitrogen and oxygen atoms in total. The Balaban J connectivity index is 2.26. The van der Waals surface area contributed by atoms with Crippen LogP contribution in [-0.4, -0.2) is 16.8 Å². The molecule has 17 heavy (non-hydrogen) atoms. The minimum absolute atomic E-state index is 0.443. The van der Waals surface area contributed by atoms with Crippen LogP contribution in [-0.2, 0) is 0 Å². The largest absolute Gasteiger partial charge is 0.358 e. The first-order valence-electron chi connectivity index (χ1n) is 4.99. The molecule has 0 atom stereocenters. The number of hydrazine groups is 1. The number of hydrogen-bond acceptors (Lipinski definition) is 2. The van der Waals surface area contributed by atoms with E-state index < -0.39 is 0 Å². The monoisotopic (exact) mass is 266 g/mol. The molecule has 0 aliphatic carbocycles. The lowest BCUT2D eigenvalue weighted by atomic mass is 10.3. The van der Waals surface area contributed by atoms with Crippen LogP contribution in [0.15, 0.2) is 43.0 Å². The Bertz CT molecular complexity index is 392. The molecule has 1 aromatic carbocycles. The molecule has 1 rings (SSSR count). The number of para-hydroxylation sites is 1. The molecule has 0 aromatic heterocycles. The number of nitrogens with one attached hydrogen (secondary N) is 4. The van der Waals surface area contributed by atoms with E-state index in [1.54, 1.807) is 6.08 Å². The van der Waals surface area contributed by atoms with Crippen LogP contribution in [0, 0.1) is 0 Å². The quantitative estimate of drug-likeness (QED) is 0.378. The molecule has 1 aromatic rings. The molecule has 0 spiro atoms. The Morgan fingerprint density at radius 1 is 1.12 bits per heavy atom. The predicted molar refractivity (Wildman–Crippen MR) is 79.7 cm³/mol. The van der Waals surface area contributed by atoms with Crippen LogP contribution >= 0.6 is 24.4 Å². The number of thiocarbonyl (C=S) groups is 2. The van der Waals surface area contributed by atoms with Gasteiger partial charge in [-0.2, -0.15) is 0 Å². The zero-order chi connectivity index (χ0) is 12.5. The van der Waals surface area contributed by atoms with Crippen molar-refractivity contribution in [3.8, 4) is 0 Å². The maximum atomic E-state index is 5.07. The minimum atomic E-state index is 0.443. The lowest BCUT2D eigenvalue weighted by Crippen LogP contribution is -2.48. The molecule has 0 heterocycles. The summed E-state index contributed by atoms with van der Waals surface area (Å²) >= 11 is 10.1. The van der Waals surface area contributed by atoms with E-state index in [0.29, 0.717) is 16.8 Å². The molecule has 6 heteroatoms. The van der Waals surface area contributed by atoms with Crippen LogP contribution in [0.1, 0.15) is 0 Å². The molecule has 90 valence electrons. The summed E-state index contributed by atoms with van der Waals surface area (Å²) in [6, 6.07) is 9.63. The van der Waals surface area contributed by atoms with Crippen LogP contribution in [0.3, 0.4) is 0 Å². The Morgan fingerprint density at radius 2 is 1.76 bits per heavy atom. The van der Waals surface area contributed by atoms with Crippen LogP contribution in [0.2, 0.25) is 0 Å². The summed E-state index contributed by atoms with van der Waals surface area (Å²) < 4.78 is 0. The lowest BCUT2D eigenvalue weighted by molar-refractivity contribution is 0.839. The van der Waals surface area contributed by atoms with E-state index >= 15 is 0 Å². The summed E-state index contributed by atoms with van der Waals surface area (Å²) in [5, 5.41) is 6.81. The van der Waals surface area contributed by atoms with Gasteiger partial charge in [-0.25, -0.2) is 0 Å². The Morgan fingerprint density at radius 3 is 2.41 bits per heavy atom. The van der Waals surface area contributed by atoms with E-state index in [1.807, 2.05) is 30.3 Å². The summed E-state index contributed by atoms with van der Waals surface area (Å²) in [5.74, 6) is 0. The fourth-order valence-electron chi connectivity index (χ4n) is 1.01. The fraction of sp³-hybridized carbons (Fsp3) is 0.0909. The lowest BCUT2D eigenvalue weighted by Gasteiger charge is -2.13. The molecule has 0 bridgehead atoms. The van der Waals surface area contributed by atoms with Gasteiger partial charge in [0.2, 0.25) is 0 Å². The van der Waals surface area contributed by atoms with Crippen molar-refractivity contribution in [1.82, 2.24) is 16.2 Å². The molecule has 0 amide bonds. The third kappa shape index (κ3) is 5.84. The number of anilines is 1. The molecule has 0 saturated carbocycles. The second-order valence-corrected chi connectivity index (χ2v) is 3.89. The van der Waals surface area contributed by atoms with E-state index in [9.17, 15) is 0 Å². The van der Waals surface area contributed by atoms with Gasteiger partial charge in [0, 0.05) is 12.2 Å². The Kier molecular flexibility index (Phi) is 5.98. The van der Waals surface area contributed by atoms with Gasteiger partial charge in [-0.15, -0.1) is 6.58 Å². The normalized spacial score (nSPS) is 8.94. The third-order valence-electron chi connectivity index (χ3n) is 1.73. The van der Waals surface area contributed by atoms with Crippen molar-refractivity contribution in [3.63, 3.8) is 0 Å². The van der Waals surface area contributed by atoms with Gasteiger partial charge in [0.1, 0.15) is 0 Å². The van der Waals surface area contributed by atoms with E-state index in [2.05, 4.69) is 28.1 Å². The maximum absolute atomic E-state index is 5.07. The summed E-state index contributed by atoms with van der Waals surface area (Å²) in [5.41, 5.74) is 6.44. The van der Waals surface area contributed by atoms with Crippen LogP contribution < -0.4 is 21.5 Å². The fourth-order valence-corrected chi connectivity index (χ4v) is 1.31. The molecule has 4 N–H and O–H groups in total. The van der Waals surface area contributed by atoms with E-state index in [4.69, 9.17) is 24.4 Å². The van der Waals surface area contributed by atoms with Gasteiger partial charge in [0.25, 0.3) is 0 Å². The zero-order valence-corrected chi connectivity index (χ0v) is 10.8. The zero-order valence-electron chi connectivity index (χ0n) is 9.19. The second-order valence-electron chi connectivity index (χ2n) is 3.07. The molecule has 0 aliphatic heterocycles. The molecule has 0 aliphatic rings. The van der Waals surface area contributed by atoms with Gasteiger partial charge >= 0.3 is 0 Å². The van der Waals surface area contributed by atoms with Crippen LogP contribution in [0.25, 0.3) is 0 Å². The molecule has 0 saturated heterocycles. The van der Waals surface area contributed by atoms with Gasteiger partial charge in [-0.05, 0) is 36.6 Å². The highest BCUT2D eigenvalue weighted by Gasteiger charge is 1.97. The highest BCUT2D eigenvalue weighted by molar-refractivity contribution is 7.80. The SMILES string of the molecule is C=CCNC(=S)NNC(=S)Nc1ccccc1. The van der Waals surface area contributed by atoms with Gasteiger partial charge in [0.05, 0.1) is 0 Å². The summed E-state index contributed by atoms with van der Waals surface area (Å²) in [6.07, 6.45) is 1.72. The highest BCUT2D eigenvalue weighted by Crippen LogP contribution is 2.03. The predicted octanol–water partition coefficient (Wildman–Crippen LogP) is 1.54. The average Bonchev–Trinajstić information content (AvgIpc) is 2.35. The summed E-state index contributed by atoms with van der Waals surface area (Å²) in [7, 11) is 0. The van der Waals surface area contributed by atoms with Crippen molar-refractivity contribution in [2.75, 3.05) is 11.9 Å². The standard InChI is InChI=1S/C11H14N4S2/c1-2-8-12-10(16)14-15-11(17)13-9-6-4-3-5-7-9/h2-7H,1,8H2,(H2,12,14,16)(H2,13,15,17). The van der Waals surface area contributed by atoms with Crippen molar-refractivity contribution in [3.05, 3.63) is 43.0 Å². The summed E-state index contributed by atoms with van der Waals surface area (Å²) in [6.45, 7) is 4.18. The van der Waals surface area contributed by atoms with Crippen molar-refractivity contribution in [2.45, 2.75) is 0 Å². The van der Waals surface area contributed by atoms with Crippen molar-refractivity contribution in [1.29, 1.82) is 0 Å². The van der Waals surface area contributed by atoms with E-state index in [1.165, 1.54) is 0 Å². The van der Waals surface area contributed by atoms with Gasteiger partial charge in [-0.1, -0.05) is 24.3 Å². The van der Waals surface area contributed by atoms with Crippen molar-refractivity contribution < 1.29 is 0 Å². The Labute approximate surface area is 111 Å². The molecule has 0 radical (unpaired) electrons. The smallest absolute Gasteiger partial charge is 0.189 e. The van der Waals surface area contributed by atoms with Crippen LogP contribution in [0.5, 0.6) is 0 Å². The summed E-state index contributed by atoms with van der Waals surface area (Å²) in [4.78, 5) is 0. The molecule has 0 unspecified atom stereocenters. The first-order chi connectivity index (χ1) is 8.22. The molecular formula is C11H14N4S2. The number of benzene rings is 1. The Hall–Kier alpha value is -1.66. The van der Waals surface area contributed by atoms with Gasteiger partial charge in [-0.3, -0.25) is 10.9 Å². The van der Waals surface area contributed by atoms with Crippen molar-refractivity contribution in [2.24, 2.45) is 0 Å². The highest BCUT2D eigenvalue weighted by atomic mass is 32.1. The van der Waals surface area contributed by atoms with E-state index in [0.717, 1.165) is 5.69 Å². The first kappa shape index (κ1) is 13.4. The topological polar surface area (TPSA) is 48.1 Å². The van der Waals surface area contributed by atoms with Gasteiger partial charge in [0.15, 0.2) is 10.2 Å². The first-order valence-corrected chi connectivity index (χ1v) is 5.81. The number of rotatable bonds is 3. The van der Waals surface area contributed by atoms with Crippen LogP contribution in [0.4, 0.5) is 5.69 Å². The average molecular weight is 266 g/mol. The third-order valence-corrected chi connectivity index (χ3v) is 2.18. The maximum Gasteiger partial charge on any atom is 0.189 e. The van der Waals surface area contributed by atoms with Gasteiger partial charge < -0.3 is 10.6 Å². The molecular weight excluding hydrogens is 252 g/mol. The molecule has 0 fully saturated rings.